The number of hydrogen-bond acceptors (Lipinski definition) is 9. The first kappa shape index (κ1) is 19.2. The van der Waals surface area contributed by atoms with Crippen molar-refractivity contribution >= 4 is 28.2 Å². The van der Waals surface area contributed by atoms with E-state index in [-0.39, 0.29) is 12.0 Å². The Kier molecular flexibility index (Phi) is 5.92. The number of amides is 1. The molecule has 1 amide bonds. The number of nitrogens with zero attached hydrogens (tertiary/aromatic N) is 5. The molecule has 1 aliphatic heterocycles. The molecular weight excluding hydrogens is 392 g/mol. The standard InChI is InChI=1S/C19H20N6O3S/c1-27-16(13-6-3-2-4-7-13)17(26)21-18-23-24-19(29-18)28-14-9-11-25(12-14)15-8-5-10-20-22-15/h2-8,10,14,16H,9,11-12H2,1H3,(H,21,23,26). The second-order valence-electron chi connectivity index (χ2n) is 6.45. The monoisotopic (exact) mass is 412 g/mol. The van der Waals surface area contributed by atoms with Crippen molar-refractivity contribution in [2.45, 2.75) is 18.6 Å². The fraction of sp³-hybridized carbons (Fsp3) is 0.316. The fourth-order valence-corrected chi connectivity index (χ4v) is 3.80. The van der Waals surface area contributed by atoms with Crippen LogP contribution in [-0.4, -0.2) is 52.6 Å². The molecule has 0 aliphatic carbocycles. The number of hydrogen-bond donors (Lipinski definition) is 1. The van der Waals surface area contributed by atoms with Crippen LogP contribution in [0.2, 0.25) is 0 Å². The van der Waals surface area contributed by atoms with Crippen LogP contribution in [0, 0.1) is 0 Å². The molecule has 10 heteroatoms. The third-order valence-corrected chi connectivity index (χ3v) is 5.24. The molecule has 1 saturated heterocycles. The minimum absolute atomic E-state index is 0.0236. The summed E-state index contributed by atoms with van der Waals surface area (Å²) >= 11 is 1.19. The van der Waals surface area contributed by atoms with Crippen molar-refractivity contribution in [3.63, 3.8) is 0 Å². The first-order valence-electron chi connectivity index (χ1n) is 9.14. The van der Waals surface area contributed by atoms with Gasteiger partial charge in [-0.05, 0) is 29.0 Å². The highest BCUT2D eigenvalue weighted by Crippen LogP contribution is 2.28. The van der Waals surface area contributed by atoms with Gasteiger partial charge >= 0.3 is 0 Å². The Bertz CT molecular complexity index is 939. The number of carbonyl (C=O) groups excluding carboxylic acids is 1. The molecule has 0 saturated carbocycles. The lowest BCUT2D eigenvalue weighted by molar-refractivity contribution is -0.126. The summed E-state index contributed by atoms with van der Waals surface area (Å²) in [6, 6.07) is 13.1. The lowest BCUT2D eigenvalue weighted by Crippen LogP contribution is -2.25. The lowest BCUT2D eigenvalue weighted by atomic mass is 10.1. The van der Waals surface area contributed by atoms with E-state index in [4.69, 9.17) is 9.47 Å². The molecule has 1 aromatic carbocycles. The first-order valence-corrected chi connectivity index (χ1v) is 9.96. The van der Waals surface area contributed by atoms with E-state index in [9.17, 15) is 4.79 Å². The molecule has 3 heterocycles. The smallest absolute Gasteiger partial charge is 0.296 e. The third kappa shape index (κ3) is 4.66. The van der Waals surface area contributed by atoms with Crippen LogP contribution in [0.4, 0.5) is 10.9 Å². The van der Waals surface area contributed by atoms with Crippen molar-refractivity contribution in [3.05, 3.63) is 54.2 Å². The van der Waals surface area contributed by atoms with E-state index in [1.165, 1.54) is 18.4 Å². The fourth-order valence-electron chi connectivity index (χ4n) is 3.14. The Morgan fingerprint density at radius 1 is 1.21 bits per heavy atom. The van der Waals surface area contributed by atoms with Crippen LogP contribution in [0.15, 0.2) is 48.7 Å². The van der Waals surface area contributed by atoms with E-state index in [0.717, 1.165) is 24.3 Å². The molecule has 29 heavy (non-hydrogen) atoms. The summed E-state index contributed by atoms with van der Waals surface area (Å²) in [6.45, 7) is 1.53. The molecule has 150 valence electrons. The van der Waals surface area contributed by atoms with Gasteiger partial charge in [-0.1, -0.05) is 35.4 Å². The highest BCUT2D eigenvalue weighted by atomic mass is 32.1. The summed E-state index contributed by atoms with van der Waals surface area (Å²) in [7, 11) is 1.49. The average Bonchev–Trinajstić information content (AvgIpc) is 3.40. The zero-order chi connectivity index (χ0) is 20.1. The van der Waals surface area contributed by atoms with E-state index in [0.29, 0.717) is 16.9 Å². The number of nitrogens with one attached hydrogen (secondary N) is 1. The topological polar surface area (TPSA) is 102 Å². The predicted octanol–water partition coefficient (Wildman–Crippen LogP) is 2.31. The van der Waals surface area contributed by atoms with Gasteiger partial charge in [0.25, 0.3) is 11.1 Å². The van der Waals surface area contributed by atoms with E-state index in [1.54, 1.807) is 6.20 Å². The normalized spacial score (nSPS) is 17.1. The van der Waals surface area contributed by atoms with Gasteiger partial charge in [0, 0.05) is 26.3 Å². The molecule has 4 rings (SSSR count). The minimum atomic E-state index is -0.722. The summed E-state index contributed by atoms with van der Waals surface area (Å²) in [4.78, 5) is 14.7. The zero-order valence-corrected chi connectivity index (χ0v) is 16.6. The Hall–Kier alpha value is -3.11. The van der Waals surface area contributed by atoms with Gasteiger partial charge in [0.2, 0.25) is 5.13 Å². The number of rotatable bonds is 7. The maximum absolute atomic E-state index is 12.5. The molecule has 9 nitrogen and oxygen atoms in total. The summed E-state index contributed by atoms with van der Waals surface area (Å²) in [5, 5.41) is 19.6. The zero-order valence-electron chi connectivity index (χ0n) is 15.8. The predicted molar refractivity (Wildman–Crippen MR) is 108 cm³/mol. The molecule has 1 aliphatic rings. The van der Waals surface area contributed by atoms with Gasteiger partial charge in [0.1, 0.15) is 6.10 Å². The lowest BCUT2D eigenvalue weighted by Gasteiger charge is -2.16. The van der Waals surface area contributed by atoms with E-state index in [1.807, 2.05) is 42.5 Å². The van der Waals surface area contributed by atoms with Crippen LogP contribution in [-0.2, 0) is 9.53 Å². The molecule has 3 aromatic rings. The van der Waals surface area contributed by atoms with Gasteiger partial charge in [-0.15, -0.1) is 10.2 Å². The van der Waals surface area contributed by atoms with E-state index < -0.39 is 6.10 Å². The first-order chi connectivity index (χ1) is 14.2. The van der Waals surface area contributed by atoms with Crippen molar-refractivity contribution in [2.24, 2.45) is 0 Å². The number of methoxy groups -OCH3 is 1. The van der Waals surface area contributed by atoms with Crippen molar-refractivity contribution < 1.29 is 14.3 Å². The molecular formula is C19H20N6O3S. The van der Waals surface area contributed by atoms with Crippen molar-refractivity contribution in [1.29, 1.82) is 0 Å². The molecule has 1 fully saturated rings. The Morgan fingerprint density at radius 2 is 2.07 bits per heavy atom. The summed E-state index contributed by atoms with van der Waals surface area (Å²) in [6.07, 6.45) is 1.75. The number of ether oxygens (including phenoxy) is 2. The highest BCUT2D eigenvalue weighted by Gasteiger charge is 2.27. The molecule has 2 unspecified atom stereocenters. The minimum Gasteiger partial charge on any atom is -0.464 e. The number of anilines is 2. The number of aromatic nitrogens is 4. The number of carbonyl (C=O) groups is 1. The van der Waals surface area contributed by atoms with Crippen LogP contribution in [0.25, 0.3) is 0 Å². The summed E-state index contributed by atoms with van der Waals surface area (Å²) in [5.74, 6) is 0.520. The quantitative estimate of drug-likeness (QED) is 0.631. The second kappa shape index (κ2) is 8.93. The van der Waals surface area contributed by atoms with E-state index in [2.05, 4.69) is 30.6 Å². The largest absolute Gasteiger partial charge is 0.464 e. The van der Waals surface area contributed by atoms with Gasteiger partial charge < -0.3 is 14.4 Å². The Morgan fingerprint density at radius 3 is 2.83 bits per heavy atom. The Balaban J connectivity index is 1.33. The summed E-state index contributed by atoms with van der Waals surface area (Å²) in [5.41, 5.74) is 0.767. The van der Waals surface area contributed by atoms with Crippen molar-refractivity contribution in [2.75, 3.05) is 30.4 Å². The van der Waals surface area contributed by atoms with Gasteiger partial charge in [-0.25, -0.2) is 0 Å². The maximum atomic E-state index is 12.5. The van der Waals surface area contributed by atoms with Crippen LogP contribution in [0.1, 0.15) is 18.1 Å². The molecule has 2 atom stereocenters. The van der Waals surface area contributed by atoms with Crippen LogP contribution in [0.3, 0.4) is 0 Å². The van der Waals surface area contributed by atoms with Crippen molar-refractivity contribution in [1.82, 2.24) is 20.4 Å². The van der Waals surface area contributed by atoms with Gasteiger partial charge in [0.05, 0.1) is 6.54 Å². The summed E-state index contributed by atoms with van der Waals surface area (Å²) < 4.78 is 11.3. The molecule has 0 bridgehead atoms. The van der Waals surface area contributed by atoms with Gasteiger partial charge in [0.15, 0.2) is 11.9 Å². The molecule has 1 N–H and O–H groups in total. The third-order valence-electron chi connectivity index (χ3n) is 4.51. The SMILES string of the molecule is COC(C(=O)Nc1nnc(OC2CCN(c3cccnn3)C2)s1)c1ccccc1. The van der Waals surface area contributed by atoms with Gasteiger partial charge in [-0.2, -0.15) is 5.10 Å². The second-order valence-corrected chi connectivity index (χ2v) is 7.39. The van der Waals surface area contributed by atoms with Crippen LogP contribution < -0.4 is 15.0 Å². The van der Waals surface area contributed by atoms with Crippen LogP contribution in [0.5, 0.6) is 5.19 Å². The van der Waals surface area contributed by atoms with Crippen LogP contribution >= 0.6 is 11.3 Å². The van der Waals surface area contributed by atoms with Gasteiger partial charge in [-0.3, -0.25) is 10.1 Å². The van der Waals surface area contributed by atoms with Crippen molar-refractivity contribution in [3.8, 4) is 5.19 Å². The molecule has 2 aromatic heterocycles. The molecule has 0 radical (unpaired) electrons. The maximum Gasteiger partial charge on any atom is 0.296 e. The average molecular weight is 412 g/mol. The van der Waals surface area contributed by atoms with E-state index >= 15 is 0 Å². The highest BCUT2D eigenvalue weighted by molar-refractivity contribution is 7.17. The molecule has 0 spiro atoms. The Labute approximate surface area is 171 Å². The number of benzene rings is 1.